The lowest BCUT2D eigenvalue weighted by Crippen LogP contribution is -2.40. The maximum Gasteiger partial charge on any atom is 0.295 e. The van der Waals surface area contributed by atoms with Crippen molar-refractivity contribution in [3.05, 3.63) is 82.4 Å². The first-order chi connectivity index (χ1) is 22.6. The van der Waals surface area contributed by atoms with Crippen LogP contribution in [0.3, 0.4) is 0 Å². The number of aromatic nitrogens is 5. The summed E-state index contributed by atoms with van der Waals surface area (Å²) in [5.74, 6) is -3.16. The third kappa shape index (κ3) is 4.36. The summed E-state index contributed by atoms with van der Waals surface area (Å²) in [5.41, 5.74) is -4.16. The quantitative estimate of drug-likeness (QED) is 0.249. The standard InChI is InChI=1S/C27H25N7O3/c1-16-5-7-18(8-6-16)23(28-3)19-9-11-33(12-10-19)27(36)25(35)20-13-29-24-22(20)21(37-4)14-30-26(24)34-15-31-17(2)32-34/h5-8,13-15,29H,9-12H2,1-2,4H3/i5D,6D,7D,8D,9D2,10D2,11D2,12D2. The molecule has 0 unspecified atom stereocenters. The van der Waals surface area contributed by atoms with Gasteiger partial charge in [-0.05, 0) is 32.2 Å². The van der Waals surface area contributed by atoms with Crippen LogP contribution in [-0.4, -0.2) is 61.4 Å². The van der Waals surface area contributed by atoms with E-state index < -0.39 is 88.9 Å². The monoisotopic (exact) mass is 507 g/mol. The second kappa shape index (κ2) is 9.70. The highest BCUT2D eigenvalue weighted by Crippen LogP contribution is 2.33. The number of carbonyl (C=O) groups is 2. The Hall–Kier alpha value is -4.78. The number of likely N-dealkylation sites (tertiary alicyclic amines) is 1. The number of piperidine rings is 1. The van der Waals surface area contributed by atoms with Gasteiger partial charge in [0.15, 0.2) is 11.5 Å². The molecule has 1 aliphatic heterocycles. The van der Waals surface area contributed by atoms with Gasteiger partial charge in [0.25, 0.3) is 11.7 Å². The number of hydrogen-bond donors (Lipinski definition) is 1. The molecule has 0 spiro atoms. The molecule has 4 heterocycles. The number of rotatable bonds is 5. The second-order valence-corrected chi connectivity index (χ2v) is 7.62. The van der Waals surface area contributed by atoms with Crippen LogP contribution in [-0.2, 0) is 4.79 Å². The van der Waals surface area contributed by atoms with E-state index in [4.69, 9.17) is 27.8 Å². The van der Waals surface area contributed by atoms with Gasteiger partial charge in [0.1, 0.15) is 17.9 Å². The van der Waals surface area contributed by atoms with Gasteiger partial charge >= 0.3 is 0 Å². The molecule has 0 saturated carbocycles. The lowest BCUT2D eigenvalue weighted by Gasteiger charge is -2.28. The maximum absolute atomic E-state index is 13.9. The first-order valence-electron chi connectivity index (χ1n) is 16.6. The summed E-state index contributed by atoms with van der Waals surface area (Å²) in [6, 6.07) is -3.03. The van der Waals surface area contributed by atoms with E-state index in [1.54, 1.807) is 6.92 Å². The Bertz CT molecular complexity index is 2110. The molecule has 4 aromatic rings. The average molecular weight is 508 g/mol. The average Bonchev–Trinajstić information content (AvgIpc) is 3.67. The molecule has 1 saturated heterocycles. The van der Waals surface area contributed by atoms with E-state index in [0.29, 0.717) is 5.82 Å². The van der Waals surface area contributed by atoms with Crippen LogP contribution >= 0.6 is 0 Å². The Labute approximate surface area is 230 Å². The number of fused-ring (bicyclic) bond motifs is 1. The van der Waals surface area contributed by atoms with E-state index in [-0.39, 0.29) is 28.0 Å². The number of Topliss-reactive ketones (excluding diaryl/α,β-unsaturated/α-hetero) is 1. The van der Waals surface area contributed by atoms with Crippen LogP contribution < -0.4 is 4.74 Å². The molecule has 0 aliphatic carbocycles. The molecule has 1 aromatic carbocycles. The van der Waals surface area contributed by atoms with Gasteiger partial charge in [-0.15, -0.1) is 0 Å². The normalized spacial score (nSPS) is 23.6. The van der Waals surface area contributed by atoms with Crippen LogP contribution in [0.2, 0.25) is 0 Å². The number of H-pyrrole nitrogens is 1. The Morgan fingerprint density at radius 3 is 2.54 bits per heavy atom. The van der Waals surface area contributed by atoms with Crippen molar-refractivity contribution >= 4 is 28.3 Å². The number of aromatic amines is 1. The number of benzene rings is 1. The number of amides is 1. The van der Waals surface area contributed by atoms with E-state index in [2.05, 4.69) is 24.9 Å². The fraction of sp³-hybridized carbons (Fsp3) is 0.259. The van der Waals surface area contributed by atoms with Crippen molar-refractivity contribution in [3.63, 3.8) is 0 Å². The summed E-state index contributed by atoms with van der Waals surface area (Å²) < 4.78 is 110. The molecule has 1 fully saturated rings. The Balaban J connectivity index is 1.72. The van der Waals surface area contributed by atoms with Gasteiger partial charge in [-0.3, -0.25) is 9.59 Å². The Kier molecular flexibility index (Phi) is 3.54. The molecular formula is C27H25N7O3. The van der Waals surface area contributed by atoms with E-state index >= 15 is 0 Å². The number of pyridine rings is 1. The molecule has 0 bridgehead atoms. The zero-order valence-electron chi connectivity index (χ0n) is 31.6. The van der Waals surface area contributed by atoms with E-state index in [1.165, 1.54) is 31.2 Å². The van der Waals surface area contributed by atoms with E-state index in [0.717, 1.165) is 6.20 Å². The first-order valence-corrected chi connectivity index (χ1v) is 10.6. The maximum atomic E-state index is 13.9. The van der Waals surface area contributed by atoms with Crippen LogP contribution in [0.4, 0.5) is 0 Å². The minimum atomic E-state index is -3.90. The number of nitrogens with zero attached hydrogens (tertiary/aromatic N) is 6. The molecule has 5 rings (SSSR count). The predicted molar refractivity (Wildman–Crippen MR) is 137 cm³/mol. The second-order valence-electron chi connectivity index (χ2n) is 7.62. The van der Waals surface area contributed by atoms with Crippen LogP contribution in [0, 0.1) is 20.4 Å². The van der Waals surface area contributed by atoms with Gasteiger partial charge in [-0.2, -0.15) is 5.10 Å². The number of ether oxygens (including phenoxy) is 1. The summed E-state index contributed by atoms with van der Waals surface area (Å²) >= 11 is 0. The van der Waals surface area contributed by atoms with Crippen LogP contribution in [0.15, 0.2) is 48.5 Å². The third-order valence-electron chi connectivity index (χ3n) is 5.26. The highest BCUT2D eigenvalue weighted by atomic mass is 16.5. The first kappa shape index (κ1) is 13.5. The topological polar surface area (TPSA) is 110 Å². The molecule has 10 heteroatoms. The van der Waals surface area contributed by atoms with Crippen molar-refractivity contribution in [2.75, 3.05) is 20.1 Å². The number of methoxy groups -OCH3 is 1. The highest BCUT2D eigenvalue weighted by molar-refractivity contribution is 6.45. The van der Waals surface area contributed by atoms with Gasteiger partial charge in [-0.1, -0.05) is 35.3 Å². The van der Waals surface area contributed by atoms with E-state index in [1.807, 2.05) is 0 Å². The van der Waals surface area contributed by atoms with Crippen molar-refractivity contribution in [2.24, 2.45) is 0 Å². The minimum Gasteiger partial charge on any atom is -0.494 e. The molecule has 37 heavy (non-hydrogen) atoms. The molecular weight excluding hydrogens is 470 g/mol. The minimum absolute atomic E-state index is 0.0479. The van der Waals surface area contributed by atoms with E-state index in [9.17, 15) is 9.59 Å². The van der Waals surface area contributed by atoms with Crippen LogP contribution in [0.1, 0.15) is 56.5 Å². The number of nitrogens with one attached hydrogen (secondary N) is 1. The predicted octanol–water partition coefficient (Wildman–Crippen LogP) is 3.90. The fourth-order valence-corrected chi connectivity index (χ4v) is 3.51. The van der Waals surface area contributed by atoms with Crippen LogP contribution in [0.25, 0.3) is 27.3 Å². The summed E-state index contributed by atoms with van der Waals surface area (Å²) in [5, 5.41) is 4.10. The zero-order chi connectivity index (χ0) is 36.8. The van der Waals surface area contributed by atoms with Crippen molar-refractivity contribution in [2.45, 2.75) is 26.6 Å². The molecule has 0 radical (unpaired) electrons. The van der Waals surface area contributed by atoms with Crippen molar-refractivity contribution in [1.82, 2.24) is 29.6 Å². The molecule has 1 N–H and O–H groups in total. The fourth-order valence-electron chi connectivity index (χ4n) is 3.51. The summed E-state index contributed by atoms with van der Waals surface area (Å²) in [6.45, 7) is 2.82. The van der Waals surface area contributed by atoms with Crippen molar-refractivity contribution < 1.29 is 30.8 Å². The smallest absolute Gasteiger partial charge is 0.295 e. The highest BCUT2D eigenvalue weighted by Gasteiger charge is 2.30. The van der Waals surface area contributed by atoms with Gasteiger partial charge < -0.3 is 14.6 Å². The Morgan fingerprint density at radius 2 is 1.92 bits per heavy atom. The van der Waals surface area contributed by atoms with Gasteiger partial charge in [0.05, 0.1) is 41.8 Å². The zero-order valence-corrected chi connectivity index (χ0v) is 19.6. The van der Waals surface area contributed by atoms with Gasteiger partial charge in [0, 0.05) is 30.2 Å². The molecule has 186 valence electrons. The lowest BCUT2D eigenvalue weighted by molar-refractivity contribution is -0.126. The van der Waals surface area contributed by atoms with Crippen LogP contribution in [0.5, 0.6) is 5.75 Å². The number of aryl methyl sites for hydroxylation is 1. The largest absolute Gasteiger partial charge is 0.494 e. The number of carbonyl (C=O) groups excluding carboxylic acids is 2. The Morgan fingerprint density at radius 1 is 1.19 bits per heavy atom. The number of hydrogen-bond acceptors (Lipinski definition) is 6. The molecule has 0 atom stereocenters. The van der Waals surface area contributed by atoms with Crippen molar-refractivity contribution in [1.29, 1.82) is 0 Å². The third-order valence-corrected chi connectivity index (χ3v) is 5.26. The SMILES string of the molecule is [2H]c1c([2H])c(C([N+]#[C-])=C2C([2H])([2H])C([2H])([2H])N(C(=O)C(=O)c3c[nH]c4c(-n5cnc(C)n5)ncc(OC)c34)C([2H])([2H])C2([2H])[2H])c([2H])c([2H])c1C. The molecule has 1 amide bonds. The van der Waals surface area contributed by atoms with Crippen molar-refractivity contribution in [3.8, 4) is 11.6 Å². The summed E-state index contributed by atoms with van der Waals surface area (Å²) in [6.07, 6.45) is -4.05. The summed E-state index contributed by atoms with van der Waals surface area (Å²) in [7, 11) is 1.23. The molecule has 3 aromatic heterocycles. The molecule has 10 nitrogen and oxygen atoms in total. The summed E-state index contributed by atoms with van der Waals surface area (Å²) in [4.78, 5) is 41.4. The number of ketones is 1. The van der Waals surface area contributed by atoms with Gasteiger partial charge in [-0.25, -0.2) is 19.5 Å². The lowest BCUT2D eigenvalue weighted by atomic mass is 9.97. The van der Waals surface area contributed by atoms with Gasteiger partial charge in [0.2, 0.25) is 0 Å². The molecule has 1 aliphatic rings.